The van der Waals surface area contributed by atoms with Crippen LogP contribution in [0.5, 0.6) is 0 Å². The first kappa shape index (κ1) is 13.0. The first-order valence-corrected chi connectivity index (χ1v) is 6.27. The Kier molecular flexibility index (Phi) is 3.97. The molecule has 0 saturated carbocycles. The Morgan fingerprint density at radius 1 is 1.39 bits per heavy atom. The van der Waals surface area contributed by atoms with Crippen molar-refractivity contribution in [2.75, 3.05) is 6.54 Å². The van der Waals surface area contributed by atoms with Crippen LogP contribution in [0.2, 0.25) is 0 Å². The molecule has 1 saturated heterocycles. The molecule has 0 radical (unpaired) electrons. The fourth-order valence-corrected chi connectivity index (χ4v) is 2.30. The first-order chi connectivity index (χ1) is 8.58. The summed E-state index contributed by atoms with van der Waals surface area (Å²) in [4.78, 5) is 12.0. The lowest BCUT2D eigenvalue weighted by atomic mass is 9.94. The number of benzene rings is 1. The molecule has 3 nitrogen and oxygen atoms in total. The van der Waals surface area contributed by atoms with Crippen molar-refractivity contribution in [1.29, 1.82) is 0 Å². The number of halogens is 1. The summed E-state index contributed by atoms with van der Waals surface area (Å²) in [6.07, 6.45) is 0.653. The van der Waals surface area contributed by atoms with Crippen molar-refractivity contribution in [1.82, 2.24) is 5.32 Å². The largest absolute Gasteiger partial charge is 0.463 e. The molecule has 18 heavy (non-hydrogen) atoms. The van der Waals surface area contributed by atoms with Gasteiger partial charge in [0.2, 0.25) is 0 Å². The Hall–Kier alpha value is -1.42. The highest BCUT2D eigenvalue weighted by molar-refractivity contribution is 5.74. The summed E-state index contributed by atoms with van der Waals surface area (Å²) in [5.41, 5.74) is 0.930. The lowest BCUT2D eigenvalue weighted by Crippen LogP contribution is -2.27. The minimum absolute atomic E-state index is 0.0724. The average Bonchev–Trinajstić information content (AvgIpc) is 2.78. The van der Waals surface area contributed by atoms with Gasteiger partial charge in [0, 0.05) is 6.04 Å². The molecule has 98 valence electrons. The van der Waals surface area contributed by atoms with Crippen LogP contribution in [0.25, 0.3) is 0 Å². The third kappa shape index (κ3) is 2.88. The lowest BCUT2D eigenvalue weighted by Gasteiger charge is -2.20. The molecule has 1 aromatic rings. The van der Waals surface area contributed by atoms with E-state index in [1.807, 2.05) is 13.8 Å². The quantitative estimate of drug-likeness (QED) is 0.838. The van der Waals surface area contributed by atoms with Crippen molar-refractivity contribution in [3.63, 3.8) is 0 Å². The minimum atomic E-state index is -0.266. The maximum atomic E-state index is 12.9. The molecule has 1 unspecified atom stereocenters. The molecule has 2 atom stereocenters. The third-order valence-electron chi connectivity index (χ3n) is 3.11. The highest BCUT2D eigenvalue weighted by Crippen LogP contribution is 2.30. The molecule has 1 N–H and O–H groups in total. The van der Waals surface area contributed by atoms with Gasteiger partial charge in [-0.05, 0) is 44.5 Å². The van der Waals surface area contributed by atoms with E-state index in [2.05, 4.69) is 5.32 Å². The van der Waals surface area contributed by atoms with Gasteiger partial charge >= 0.3 is 5.97 Å². The number of ether oxygens (including phenoxy) is 1. The highest BCUT2D eigenvalue weighted by Gasteiger charge is 2.35. The van der Waals surface area contributed by atoms with E-state index >= 15 is 0 Å². The number of hydrogen-bond acceptors (Lipinski definition) is 3. The number of carbonyl (C=O) groups is 1. The zero-order valence-corrected chi connectivity index (χ0v) is 10.7. The van der Waals surface area contributed by atoms with Crippen LogP contribution in [0.15, 0.2) is 24.3 Å². The van der Waals surface area contributed by atoms with Gasteiger partial charge in [-0.3, -0.25) is 4.79 Å². The zero-order chi connectivity index (χ0) is 13.1. The second-order valence-corrected chi connectivity index (χ2v) is 4.86. The number of carbonyl (C=O) groups excluding carboxylic acids is 1. The van der Waals surface area contributed by atoms with Crippen molar-refractivity contribution in [3.05, 3.63) is 35.6 Å². The van der Waals surface area contributed by atoms with E-state index in [9.17, 15) is 9.18 Å². The number of hydrogen-bond donors (Lipinski definition) is 1. The molecular weight excluding hydrogens is 233 g/mol. The number of nitrogens with one attached hydrogen (secondary N) is 1. The molecule has 1 heterocycles. The molecule has 4 heteroatoms. The molecule has 2 rings (SSSR count). The first-order valence-electron chi connectivity index (χ1n) is 6.27. The van der Waals surface area contributed by atoms with Crippen molar-refractivity contribution < 1.29 is 13.9 Å². The van der Waals surface area contributed by atoms with Crippen LogP contribution in [0, 0.1) is 11.7 Å². The molecular formula is C14H18FNO2. The minimum Gasteiger partial charge on any atom is -0.463 e. The van der Waals surface area contributed by atoms with Gasteiger partial charge in [0.05, 0.1) is 12.0 Å². The van der Waals surface area contributed by atoms with Crippen LogP contribution < -0.4 is 5.32 Å². The zero-order valence-electron chi connectivity index (χ0n) is 10.7. The van der Waals surface area contributed by atoms with Gasteiger partial charge in [-0.15, -0.1) is 0 Å². The van der Waals surface area contributed by atoms with Gasteiger partial charge in [0.15, 0.2) is 0 Å². The average molecular weight is 251 g/mol. The van der Waals surface area contributed by atoms with Gasteiger partial charge in [-0.2, -0.15) is 0 Å². The Morgan fingerprint density at radius 3 is 2.67 bits per heavy atom. The summed E-state index contributed by atoms with van der Waals surface area (Å²) in [6, 6.07) is 6.19. The van der Waals surface area contributed by atoms with E-state index in [1.54, 1.807) is 12.1 Å². The predicted octanol–water partition coefficient (Wildman–Crippen LogP) is 2.43. The standard InChI is InChI=1S/C14H18FNO2/c1-9(2)18-14(17)12-7-8-16-13(12)10-3-5-11(15)6-4-10/h3-6,9,12-13,16H,7-8H2,1-2H3/t12-,13?/m0/s1. The second kappa shape index (κ2) is 5.48. The van der Waals surface area contributed by atoms with Crippen LogP contribution in [0.4, 0.5) is 4.39 Å². The second-order valence-electron chi connectivity index (χ2n) is 4.86. The van der Waals surface area contributed by atoms with Gasteiger partial charge in [0.1, 0.15) is 5.82 Å². The maximum absolute atomic E-state index is 12.9. The van der Waals surface area contributed by atoms with Gasteiger partial charge < -0.3 is 10.1 Å². The van der Waals surface area contributed by atoms with Crippen LogP contribution in [0.3, 0.4) is 0 Å². The monoisotopic (exact) mass is 251 g/mol. The summed E-state index contributed by atoms with van der Waals surface area (Å²) in [5.74, 6) is -0.625. The summed E-state index contributed by atoms with van der Waals surface area (Å²) in [5, 5.41) is 3.27. The Morgan fingerprint density at radius 2 is 2.06 bits per heavy atom. The van der Waals surface area contributed by atoms with Gasteiger partial charge in [0.25, 0.3) is 0 Å². The van der Waals surface area contributed by atoms with Crippen molar-refractivity contribution in [2.45, 2.75) is 32.4 Å². The summed E-state index contributed by atoms with van der Waals surface area (Å²) in [7, 11) is 0. The SMILES string of the molecule is CC(C)OC(=O)[C@H]1CCNC1c1ccc(F)cc1. The van der Waals surface area contributed by atoms with E-state index < -0.39 is 0 Å². The maximum Gasteiger partial charge on any atom is 0.311 e. The summed E-state index contributed by atoms with van der Waals surface area (Å²) in [6.45, 7) is 4.46. The van der Waals surface area contributed by atoms with Crippen molar-refractivity contribution in [2.24, 2.45) is 5.92 Å². The van der Waals surface area contributed by atoms with Crippen LogP contribution >= 0.6 is 0 Å². The number of esters is 1. The van der Waals surface area contributed by atoms with Crippen LogP contribution in [0.1, 0.15) is 31.9 Å². The van der Waals surface area contributed by atoms with Gasteiger partial charge in [-0.25, -0.2) is 4.39 Å². The van der Waals surface area contributed by atoms with E-state index in [-0.39, 0.29) is 29.9 Å². The van der Waals surface area contributed by atoms with Crippen LogP contribution in [-0.2, 0) is 9.53 Å². The molecule has 0 spiro atoms. The van der Waals surface area contributed by atoms with E-state index in [4.69, 9.17) is 4.74 Å². The molecule has 1 aliphatic rings. The predicted molar refractivity (Wildman–Crippen MR) is 66.5 cm³/mol. The fourth-order valence-electron chi connectivity index (χ4n) is 2.30. The van der Waals surface area contributed by atoms with Crippen molar-refractivity contribution in [3.8, 4) is 0 Å². The summed E-state index contributed by atoms with van der Waals surface area (Å²) < 4.78 is 18.1. The summed E-state index contributed by atoms with van der Waals surface area (Å²) >= 11 is 0. The molecule has 0 bridgehead atoms. The molecule has 1 aliphatic heterocycles. The molecule has 0 aromatic heterocycles. The van der Waals surface area contributed by atoms with E-state index in [1.165, 1.54) is 12.1 Å². The Balaban J connectivity index is 2.12. The molecule has 0 amide bonds. The normalized spacial score (nSPS) is 23.3. The number of rotatable bonds is 3. The Labute approximate surface area is 106 Å². The van der Waals surface area contributed by atoms with E-state index in [0.717, 1.165) is 18.5 Å². The fraction of sp³-hybridized carbons (Fsp3) is 0.500. The Bertz CT molecular complexity index is 416. The molecule has 1 fully saturated rings. The smallest absolute Gasteiger partial charge is 0.311 e. The molecule has 1 aromatic carbocycles. The third-order valence-corrected chi connectivity index (χ3v) is 3.11. The van der Waals surface area contributed by atoms with Crippen LogP contribution in [-0.4, -0.2) is 18.6 Å². The highest BCUT2D eigenvalue weighted by atomic mass is 19.1. The lowest BCUT2D eigenvalue weighted by molar-refractivity contribution is -0.152. The van der Waals surface area contributed by atoms with Gasteiger partial charge in [-0.1, -0.05) is 12.1 Å². The van der Waals surface area contributed by atoms with Crippen molar-refractivity contribution >= 4 is 5.97 Å². The van der Waals surface area contributed by atoms with E-state index in [0.29, 0.717) is 0 Å². The topological polar surface area (TPSA) is 38.3 Å². The molecule has 0 aliphatic carbocycles.